The van der Waals surface area contributed by atoms with Crippen molar-refractivity contribution in [3.63, 3.8) is 0 Å². The number of aliphatic imine (C=N–C) groups is 1. The van der Waals surface area contributed by atoms with Gasteiger partial charge in [0.2, 0.25) is 5.91 Å². The standard InChI is InChI=1S/C22H29N5O2/c28-22-18-14-23-27(17-9-12-29-13-10-17)21(18)24-20(25-22)19-8-4-5-11-26(19)15-16-6-2-1-3-7-16/h1-3,6-7,14,17-20H,4-5,8-13,15H2,(H,25,28)/t18-,19+,20+/m0/s1. The van der Waals surface area contributed by atoms with E-state index in [0.29, 0.717) is 0 Å². The lowest BCUT2D eigenvalue weighted by molar-refractivity contribution is -0.123. The molecule has 4 aliphatic heterocycles. The van der Waals surface area contributed by atoms with E-state index in [1.807, 2.05) is 5.01 Å². The average Bonchev–Trinajstić information content (AvgIpc) is 3.20. The first-order valence-corrected chi connectivity index (χ1v) is 10.9. The third kappa shape index (κ3) is 3.81. The van der Waals surface area contributed by atoms with E-state index in [2.05, 4.69) is 45.6 Å². The van der Waals surface area contributed by atoms with Crippen molar-refractivity contribution >= 4 is 18.0 Å². The maximum Gasteiger partial charge on any atom is 0.238 e. The van der Waals surface area contributed by atoms with E-state index in [1.165, 1.54) is 18.4 Å². The van der Waals surface area contributed by atoms with Crippen LogP contribution in [0.3, 0.4) is 0 Å². The fraction of sp³-hybridized carbons (Fsp3) is 0.591. The Morgan fingerprint density at radius 2 is 1.93 bits per heavy atom. The predicted octanol–water partition coefficient (Wildman–Crippen LogP) is 1.99. The highest BCUT2D eigenvalue weighted by atomic mass is 16.5. The Kier molecular flexibility index (Phi) is 5.33. The van der Waals surface area contributed by atoms with E-state index in [1.54, 1.807) is 6.21 Å². The maximum absolute atomic E-state index is 12.9. The molecular formula is C22H29N5O2. The van der Waals surface area contributed by atoms with Crippen LogP contribution in [0, 0.1) is 5.92 Å². The normalized spacial score (nSPS) is 30.8. The highest BCUT2D eigenvalue weighted by Crippen LogP contribution is 2.29. The summed E-state index contributed by atoms with van der Waals surface area (Å²) in [6.45, 7) is 3.43. The molecule has 154 valence electrons. The van der Waals surface area contributed by atoms with E-state index < -0.39 is 0 Å². The molecule has 3 atom stereocenters. The van der Waals surface area contributed by atoms with Gasteiger partial charge >= 0.3 is 0 Å². The van der Waals surface area contributed by atoms with Crippen molar-refractivity contribution in [1.29, 1.82) is 0 Å². The van der Waals surface area contributed by atoms with E-state index in [0.717, 1.165) is 51.4 Å². The van der Waals surface area contributed by atoms with Crippen LogP contribution < -0.4 is 5.32 Å². The molecule has 7 nitrogen and oxygen atoms in total. The third-order valence-electron chi connectivity index (χ3n) is 6.49. The molecule has 4 aliphatic rings. The second-order valence-electron chi connectivity index (χ2n) is 8.39. The van der Waals surface area contributed by atoms with Crippen molar-refractivity contribution in [2.45, 2.75) is 56.9 Å². The summed E-state index contributed by atoms with van der Waals surface area (Å²) < 4.78 is 5.50. The number of piperidine rings is 1. The van der Waals surface area contributed by atoms with Gasteiger partial charge in [0.15, 0.2) is 0 Å². The number of carbonyl (C=O) groups excluding carboxylic acids is 1. The Morgan fingerprint density at radius 1 is 1.10 bits per heavy atom. The van der Waals surface area contributed by atoms with Crippen molar-refractivity contribution in [3.05, 3.63) is 35.9 Å². The summed E-state index contributed by atoms with van der Waals surface area (Å²) in [5, 5.41) is 9.76. The minimum atomic E-state index is -0.347. The second-order valence-corrected chi connectivity index (χ2v) is 8.39. The maximum atomic E-state index is 12.9. The molecule has 0 unspecified atom stereocenters. The molecule has 1 aromatic rings. The highest BCUT2D eigenvalue weighted by Gasteiger charge is 2.43. The lowest BCUT2D eigenvalue weighted by Gasteiger charge is -2.41. The number of hydrogen-bond acceptors (Lipinski definition) is 6. The molecule has 0 bridgehead atoms. The highest BCUT2D eigenvalue weighted by molar-refractivity contribution is 6.18. The molecule has 7 heteroatoms. The van der Waals surface area contributed by atoms with Crippen LogP contribution in [0.2, 0.25) is 0 Å². The summed E-state index contributed by atoms with van der Waals surface area (Å²) in [7, 11) is 0. The van der Waals surface area contributed by atoms with Crippen LogP contribution in [0.25, 0.3) is 0 Å². The Hall–Kier alpha value is -2.25. The molecule has 4 heterocycles. The van der Waals surface area contributed by atoms with Crippen molar-refractivity contribution in [1.82, 2.24) is 15.2 Å². The Morgan fingerprint density at radius 3 is 2.76 bits per heavy atom. The van der Waals surface area contributed by atoms with Gasteiger partial charge < -0.3 is 10.1 Å². The number of amidine groups is 1. The molecule has 1 amide bonds. The van der Waals surface area contributed by atoms with Gasteiger partial charge in [0, 0.05) is 26.0 Å². The molecular weight excluding hydrogens is 366 g/mol. The Labute approximate surface area is 171 Å². The largest absolute Gasteiger partial charge is 0.381 e. The number of hydrogen-bond donors (Lipinski definition) is 1. The number of amides is 1. The molecule has 0 spiro atoms. The number of hydrazone groups is 1. The van der Waals surface area contributed by atoms with Crippen LogP contribution >= 0.6 is 0 Å². The molecule has 2 fully saturated rings. The number of ether oxygens (including phenoxy) is 1. The zero-order valence-electron chi connectivity index (χ0n) is 16.7. The van der Waals surface area contributed by atoms with E-state index in [9.17, 15) is 4.79 Å². The minimum Gasteiger partial charge on any atom is -0.381 e. The van der Waals surface area contributed by atoms with Gasteiger partial charge in [0.1, 0.15) is 17.9 Å². The van der Waals surface area contributed by atoms with Crippen molar-refractivity contribution < 1.29 is 9.53 Å². The van der Waals surface area contributed by atoms with Crippen molar-refractivity contribution in [3.8, 4) is 0 Å². The molecule has 0 radical (unpaired) electrons. The minimum absolute atomic E-state index is 0.0311. The van der Waals surface area contributed by atoms with Gasteiger partial charge in [0.05, 0.1) is 12.1 Å². The predicted molar refractivity (Wildman–Crippen MR) is 112 cm³/mol. The van der Waals surface area contributed by atoms with Gasteiger partial charge in [-0.3, -0.25) is 9.69 Å². The number of nitrogens with one attached hydrogen (secondary N) is 1. The summed E-state index contributed by atoms with van der Waals surface area (Å²) in [5.41, 5.74) is 1.31. The number of likely N-dealkylation sites (tertiary alicyclic amines) is 1. The first kappa shape index (κ1) is 18.8. The zero-order chi connectivity index (χ0) is 19.6. The quantitative estimate of drug-likeness (QED) is 0.847. The van der Waals surface area contributed by atoms with Crippen molar-refractivity contribution in [2.24, 2.45) is 16.0 Å². The smallest absolute Gasteiger partial charge is 0.238 e. The SMILES string of the molecule is O=C1N[C@H]([C@H]2CCCCN2Cc2ccccc2)N=C2[C@@H]1C=NN2C1CCOCC1. The summed E-state index contributed by atoms with van der Waals surface area (Å²) in [6.07, 6.45) is 6.83. The first-order valence-electron chi connectivity index (χ1n) is 10.9. The molecule has 29 heavy (non-hydrogen) atoms. The van der Waals surface area contributed by atoms with Gasteiger partial charge in [-0.25, -0.2) is 10.0 Å². The third-order valence-corrected chi connectivity index (χ3v) is 6.49. The van der Waals surface area contributed by atoms with Gasteiger partial charge in [-0.1, -0.05) is 36.8 Å². The number of fused-ring (bicyclic) bond motifs is 1. The summed E-state index contributed by atoms with van der Waals surface area (Å²) in [5.74, 6) is 0.514. The van der Waals surface area contributed by atoms with Crippen LogP contribution in [0.4, 0.5) is 0 Å². The topological polar surface area (TPSA) is 69.5 Å². The number of carbonyl (C=O) groups is 1. The molecule has 2 saturated heterocycles. The fourth-order valence-corrected chi connectivity index (χ4v) is 4.92. The molecule has 5 rings (SSSR count). The van der Waals surface area contributed by atoms with Crippen LogP contribution in [0.15, 0.2) is 40.4 Å². The lowest BCUT2D eigenvalue weighted by Crippen LogP contribution is -2.58. The first-order chi connectivity index (χ1) is 14.3. The van der Waals surface area contributed by atoms with E-state index in [-0.39, 0.29) is 30.1 Å². The van der Waals surface area contributed by atoms with E-state index in [4.69, 9.17) is 9.73 Å². The van der Waals surface area contributed by atoms with Crippen LogP contribution in [0.5, 0.6) is 0 Å². The molecule has 1 aromatic carbocycles. The van der Waals surface area contributed by atoms with Gasteiger partial charge in [-0.15, -0.1) is 0 Å². The second kappa shape index (κ2) is 8.24. The zero-order valence-corrected chi connectivity index (χ0v) is 16.7. The Bertz CT molecular complexity index is 790. The Balaban J connectivity index is 1.37. The summed E-state index contributed by atoms with van der Waals surface area (Å²) in [6, 6.07) is 11.1. The molecule has 1 N–H and O–H groups in total. The fourth-order valence-electron chi connectivity index (χ4n) is 4.92. The number of rotatable bonds is 4. The lowest BCUT2D eigenvalue weighted by atomic mass is 9.96. The molecule has 0 aromatic heterocycles. The molecule has 0 saturated carbocycles. The van der Waals surface area contributed by atoms with Gasteiger partial charge in [-0.05, 0) is 37.8 Å². The molecule has 0 aliphatic carbocycles. The number of benzene rings is 1. The number of nitrogens with zero attached hydrogens (tertiary/aromatic N) is 4. The van der Waals surface area contributed by atoms with Gasteiger partial charge in [-0.2, -0.15) is 5.10 Å². The van der Waals surface area contributed by atoms with Crippen LogP contribution in [-0.2, 0) is 16.1 Å². The average molecular weight is 396 g/mol. The van der Waals surface area contributed by atoms with Gasteiger partial charge in [0.25, 0.3) is 0 Å². The monoisotopic (exact) mass is 395 g/mol. The summed E-state index contributed by atoms with van der Waals surface area (Å²) in [4.78, 5) is 20.4. The summed E-state index contributed by atoms with van der Waals surface area (Å²) >= 11 is 0. The van der Waals surface area contributed by atoms with Crippen molar-refractivity contribution in [2.75, 3.05) is 19.8 Å². The van der Waals surface area contributed by atoms with Crippen LogP contribution in [0.1, 0.15) is 37.7 Å². The van der Waals surface area contributed by atoms with E-state index >= 15 is 0 Å². The van der Waals surface area contributed by atoms with Crippen LogP contribution in [-0.4, -0.2) is 65.9 Å².